The van der Waals surface area contributed by atoms with Crippen LogP contribution in [0, 0.1) is 25.7 Å². The average molecular weight is 489 g/mol. The first kappa shape index (κ1) is 25.4. The molecule has 0 aliphatic heterocycles. The van der Waals surface area contributed by atoms with Gasteiger partial charge in [0.15, 0.2) is 0 Å². The normalized spacial score (nSPS) is 18.4. The summed E-state index contributed by atoms with van der Waals surface area (Å²) in [6, 6.07) is 8.79. The highest BCUT2D eigenvalue weighted by Gasteiger charge is 2.33. The summed E-state index contributed by atoms with van der Waals surface area (Å²) in [5, 5.41) is 17.6. The maximum absolute atomic E-state index is 13.5. The Morgan fingerprint density at radius 1 is 1.14 bits per heavy atom. The van der Waals surface area contributed by atoms with Gasteiger partial charge in [0.25, 0.3) is 5.91 Å². The van der Waals surface area contributed by atoms with Crippen molar-refractivity contribution < 1.29 is 9.59 Å². The molecule has 0 unspecified atom stereocenters. The summed E-state index contributed by atoms with van der Waals surface area (Å²) in [5.74, 6) is 0.226. The highest BCUT2D eigenvalue weighted by atomic mass is 16.2. The maximum atomic E-state index is 13.5. The first-order valence-electron chi connectivity index (χ1n) is 12.6. The van der Waals surface area contributed by atoms with Gasteiger partial charge in [-0.1, -0.05) is 44.1 Å². The van der Waals surface area contributed by atoms with Crippen LogP contribution in [0.1, 0.15) is 61.4 Å². The van der Waals surface area contributed by atoms with Gasteiger partial charge in [0.1, 0.15) is 11.7 Å². The summed E-state index contributed by atoms with van der Waals surface area (Å²) >= 11 is 0. The quantitative estimate of drug-likeness (QED) is 0.387. The molecule has 1 aliphatic rings. The number of carbonyl (C=O) groups excluding carboxylic acids is 2. The summed E-state index contributed by atoms with van der Waals surface area (Å²) in [6.45, 7) is 12.5. The van der Waals surface area contributed by atoms with Crippen molar-refractivity contribution in [3.05, 3.63) is 65.8 Å². The van der Waals surface area contributed by atoms with Gasteiger partial charge in [-0.25, -0.2) is 0 Å². The number of benzene rings is 1. The van der Waals surface area contributed by atoms with Crippen LogP contribution in [-0.2, 0) is 11.3 Å². The molecule has 1 aliphatic carbocycles. The van der Waals surface area contributed by atoms with E-state index in [4.69, 9.17) is 0 Å². The first-order chi connectivity index (χ1) is 17.2. The number of rotatable bonds is 8. The van der Waals surface area contributed by atoms with Crippen LogP contribution in [0.2, 0.25) is 0 Å². The van der Waals surface area contributed by atoms with Crippen LogP contribution >= 0.6 is 0 Å². The molecule has 1 atom stereocenters. The molecule has 0 radical (unpaired) electrons. The first-order valence-corrected chi connectivity index (χ1v) is 12.6. The third kappa shape index (κ3) is 5.75. The van der Waals surface area contributed by atoms with Gasteiger partial charge in [0.05, 0.1) is 12.2 Å². The van der Waals surface area contributed by atoms with Crippen LogP contribution in [0.15, 0.2) is 48.7 Å². The maximum Gasteiger partial charge on any atom is 0.270 e. The molecule has 3 aromatic rings. The molecule has 8 nitrogen and oxygen atoms in total. The van der Waals surface area contributed by atoms with E-state index < -0.39 is 6.04 Å². The fraction of sp³-hybridized carbons (Fsp3) is 0.429. The highest BCUT2D eigenvalue weighted by molar-refractivity contribution is 6.00. The third-order valence-electron chi connectivity index (χ3n) is 7.04. The molecule has 1 fully saturated rings. The highest BCUT2D eigenvalue weighted by Crippen LogP contribution is 2.31. The Morgan fingerprint density at radius 3 is 2.44 bits per heavy atom. The van der Waals surface area contributed by atoms with Crippen molar-refractivity contribution in [3.8, 4) is 11.1 Å². The van der Waals surface area contributed by atoms with E-state index in [0.717, 1.165) is 53.8 Å². The molecule has 2 heterocycles. The molecule has 1 aromatic carbocycles. The molecule has 8 heteroatoms. The number of amides is 2. The Hall–Kier alpha value is -3.68. The molecular formula is C28H36N6O2. The molecular weight excluding hydrogens is 452 g/mol. The second-order valence-corrected chi connectivity index (χ2v) is 10.2. The lowest BCUT2D eigenvalue weighted by molar-refractivity contribution is -0.119. The zero-order chi connectivity index (χ0) is 25.8. The monoisotopic (exact) mass is 488 g/mol. The van der Waals surface area contributed by atoms with Crippen molar-refractivity contribution in [2.75, 3.05) is 5.32 Å². The van der Waals surface area contributed by atoms with E-state index in [1.165, 1.54) is 0 Å². The molecule has 36 heavy (non-hydrogen) atoms. The van der Waals surface area contributed by atoms with E-state index >= 15 is 0 Å². The predicted octanol–water partition coefficient (Wildman–Crippen LogP) is 5.03. The topological polar surface area (TPSA) is 105 Å². The van der Waals surface area contributed by atoms with E-state index in [-0.39, 0.29) is 17.7 Å². The van der Waals surface area contributed by atoms with Gasteiger partial charge in [0.2, 0.25) is 5.91 Å². The third-order valence-corrected chi connectivity index (χ3v) is 7.04. The molecule has 3 N–H and O–H groups in total. The van der Waals surface area contributed by atoms with Crippen LogP contribution in [0.5, 0.6) is 0 Å². The summed E-state index contributed by atoms with van der Waals surface area (Å²) in [5.41, 5.74) is 6.06. The summed E-state index contributed by atoms with van der Waals surface area (Å²) in [7, 11) is 0. The smallest absolute Gasteiger partial charge is 0.270 e. The number of nitrogens with one attached hydrogen (secondary N) is 3. The molecule has 190 valence electrons. The summed E-state index contributed by atoms with van der Waals surface area (Å²) in [4.78, 5) is 26.7. The number of aromatic nitrogens is 4. The molecule has 0 spiro atoms. The number of aryl methyl sites for hydroxylation is 2. The Bertz CT molecular complexity index is 1210. The van der Waals surface area contributed by atoms with Gasteiger partial charge in [0, 0.05) is 23.1 Å². The number of nitrogens with zero attached hydrogens (tertiary/aromatic N) is 3. The minimum absolute atomic E-state index is 0.0816. The van der Waals surface area contributed by atoms with Gasteiger partial charge in [-0.15, -0.1) is 0 Å². The number of H-pyrrole nitrogens is 1. The fourth-order valence-corrected chi connectivity index (χ4v) is 5.06. The SMILES string of the molecule is C=C(C)Cn1nccc1C(=O)N[C@H](C(=O)Nc1ccc(-c2c(C)n[nH]c2C)cc1)C1CCC(C)CC1. The Labute approximate surface area is 212 Å². The van der Waals surface area contributed by atoms with Gasteiger partial charge >= 0.3 is 0 Å². The lowest BCUT2D eigenvalue weighted by Crippen LogP contribution is -2.49. The van der Waals surface area contributed by atoms with Crippen molar-refractivity contribution in [1.29, 1.82) is 0 Å². The molecule has 2 amide bonds. The van der Waals surface area contributed by atoms with E-state index in [2.05, 4.69) is 39.4 Å². The number of aromatic amines is 1. The van der Waals surface area contributed by atoms with Crippen molar-refractivity contribution in [3.63, 3.8) is 0 Å². The minimum atomic E-state index is -0.629. The molecule has 1 saturated carbocycles. The van der Waals surface area contributed by atoms with Crippen molar-refractivity contribution >= 4 is 17.5 Å². The van der Waals surface area contributed by atoms with Crippen LogP contribution in [0.25, 0.3) is 11.1 Å². The second-order valence-electron chi connectivity index (χ2n) is 10.2. The van der Waals surface area contributed by atoms with E-state index in [1.54, 1.807) is 16.9 Å². The van der Waals surface area contributed by atoms with Crippen LogP contribution < -0.4 is 10.6 Å². The number of anilines is 1. The van der Waals surface area contributed by atoms with Crippen LogP contribution in [0.3, 0.4) is 0 Å². The summed E-state index contributed by atoms with van der Waals surface area (Å²) in [6.07, 6.45) is 5.51. The largest absolute Gasteiger partial charge is 0.339 e. The van der Waals surface area contributed by atoms with E-state index in [9.17, 15) is 9.59 Å². The van der Waals surface area contributed by atoms with Gasteiger partial charge in [-0.05, 0) is 69.2 Å². The Kier molecular flexibility index (Phi) is 7.72. The second kappa shape index (κ2) is 10.9. The number of carbonyl (C=O) groups is 2. The molecule has 2 aromatic heterocycles. The predicted molar refractivity (Wildman–Crippen MR) is 142 cm³/mol. The molecule has 4 rings (SSSR count). The number of allylic oxidation sites excluding steroid dienone is 1. The van der Waals surface area contributed by atoms with E-state index in [1.807, 2.05) is 45.0 Å². The van der Waals surface area contributed by atoms with E-state index in [0.29, 0.717) is 23.8 Å². The standard InChI is InChI=1S/C28H36N6O2/c1-17(2)16-34-24(14-15-29-34)27(35)31-26(22-8-6-18(3)7-9-22)28(36)30-23-12-10-21(11-13-23)25-19(4)32-33-20(25)5/h10-15,18,22,26H,1,6-9,16H2,2-5H3,(H,30,36)(H,31,35)(H,32,33)/t18?,22?,26-/m0/s1. The van der Waals surface area contributed by atoms with Crippen molar-refractivity contribution in [2.24, 2.45) is 11.8 Å². The Balaban J connectivity index is 1.51. The van der Waals surface area contributed by atoms with Gasteiger partial charge in [-0.3, -0.25) is 19.4 Å². The van der Waals surface area contributed by atoms with Gasteiger partial charge < -0.3 is 10.6 Å². The zero-order valence-corrected chi connectivity index (χ0v) is 21.6. The van der Waals surface area contributed by atoms with Crippen LogP contribution in [-0.4, -0.2) is 37.8 Å². The van der Waals surface area contributed by atoms with Crippen molar-refractivity contribution in [1.82, 2.24) is 25.3 Å². The van der Waals surface area contributed by atoms with Crippen molar-refractivity contribution in [2.45, 2.75) is 66.0 Å². The zero-order valence-electron chi connectivity index (χ0n) is 21.6. The Morgan fingerprint density at radius 2 is 1.83 bits per heavy atom. The summed E-state index contributed by atoms with van der Waals surface area (Å²) < 4.78 is 1.62. The minimum Gasteiger partial charge on any atom is -0.339 e. The lowest BCUT2D eigenvalue weighted by Gasteiger charge is -2.32. The number of hydrogen-bond donors (Lipinski definition) is 3. The number of hydrogen-bond acceptors (Lipinski definition) is 4. The molecule has 0 saturated heterocycles. The fourth-order valence-electron chi connectivity index (χ4n) is 5.06. The average Bonchev–Trinajstić information content (AvgIpc) is 3.44. The lowest BCUT2D eigenvalue weighted by atomic mass is 9.79. The van der Waals surface area contributed by atoms with Gasteiger partial charge in [-0.2, -0.15) is 10.2 Å². The molecule has 0 bridgehead atoms. The van der Waals surface area contributed by atoms with Crippen LogP contribution in [0.4, 0.5) is 5.69 Å².